The third-order valence-electron chi connectivity index (χ3n) is 2.76. The summed E-state index contributed by atoms with van der Waals surface area (Å²) < 4.78 is 0. The zero-order chi connectivity index (χ0) is 14.5. The average Bonchev–Trinajstić information content (AvgIpc) is 2.38. The number of hydrogen-bond acceptors (Lipinski definition) is 3. The molecule has 6 heteroatoms. The summed E-state index contributed by atoms with van der Waals surface area (Å²) in [5, 5.41) is 15.2. The van der Waals surface area contributed by atoms with E-state index in [1.165, 1.54) is 6.07 Å². The van der Waals surface area contributed by atoms with Gasteiger partial charge in [-0.05, 0) is 23.8 Å². The van der Waals surface area contributed by atoms with Crippen LogP contribution in [0.25, 0.3) is 0 Å². The second kappa shape index (κ2) is 6.70. The van der Waals surface area contributed by atoms with Gasteiger partial charge in [0, 0.05) is 34.8 Å². The van der Waals surface area contributed by atoms with Crippen LogP contribution < -0.4 is 5.32 Å². The van der Waals surface area contributed by atoms with Crippen molar-refractivity contribution in [2.45, 2.75) is 13.1 Å². The SMILES string of the molecule is O=[N+]([O-])c1ccccc1CNCc1cc(Cl)cc(Cl)c1. The molecule has 0 fully saturated rings. The van der Waals surface area contributed by atoms with Crippen molar-refractivity contribution in [3.8, 4) is 0 Å². The fourth-order valence-corrected chi connectivity index (χ4v) is 2.46. The van der Waals surface area contributed by atoms with Crippen molar-refractivity contribution < 1.29 is 4.92 Å². The Balaban J connectivity index is 2.01. The molecule has 4 nitrogen and oxygen atoms in total. The van der Waals surface area contributed by atoms with Gasteiger partial charge in [-0.1, -0.05) is 41.4 Å². The van der Waals surface area contributed by atoms with Crippen LogP contribution in [0.15, 0.2) is 42.5 Å². The summed E-state index contributed by atoms with van der Waals surface area (Å²) >= 11 is 11.8. The summed E-state index contributed by atoms with van der Waals surface area (Å²) in [5.41, 5.74) is 1.69. The second-order valence-electron chi connectivity index (χ2n) is 4.27. The molecule has 1 N–H and O–H groups in total. The molecule has 104 valence electrons. The van der Waals surface area contributed by atoms with Gasteiger partial charge in [-0.2, -0.15) is 0 Å². The molecule has 2 aromatic carbocycles. The van der Waals surface area contributed by atoms with Gasteiger partial charge in [0.15, 0.2) is 0 Å². The molecule has 0 heterocycles. The van der Waals surface area contributed by atoms with Crippen molar-refractivity contribution in [2.24, 2.45) is 0 Å². The molecule has 0 atom stereocenters. The molecular formula is C14H12Cl2N2O2. The molecule has 0 unspecified atom stereocenters. The summed E-state index contributed by atoms with van der Waals surface area (Å²) in [6, 6.07) is 11.9. The third-order valence-corrected chi connectivity index (χ3v) is 3.19. The van der Waals surface area contributed by atoms with Crippen molar-refractivity contribution in [1.29, 1.82) is 0 Å². The molecule has 0 aliphatic heterocycles. The van der Waals surface area contributed by atoms with E-state index < -0.39 is 0 Å². The Hall–Kier alpha value is -1.62. The fraction of sp³-hybridized carbons (Fsp3) is 0.143. The lowest BCUT2D eigenvalue weighted by molar-refractivity contribution is -0.385. The van der Waals surface area contributed by atoms with Crippen LogP contribution in [0, 0.1) is 10.1 Å². The molecule has 2 rings (SSSR count). The second-order valence-corrected chi connectivity index (χ2v) is 5.14. The Morgan fingerprint density at radius 1 is 1.05 bits per heavy atom. The Morgan fingerprint density at radius 2 is 1.70 bits per heavy atom. The Morgan fingerprint density at radius 3 is 2.35 bits per heavy atom. The van der Waals surface area contributed by atoms with Gasteiger partial charge in [-0.25, -0.2) is 0 Å². The van der Waals surface area contributed by atoms with E-state index >= 15 is 0 Å². The van der Waals surface area contributed by atoms with E-state index in [-0.39, 0.29) is 10.6 Å². The molecule has 0 radical (unpaired) electrons. The largest absolute Gasteiger partial charge is 0.308 e. The number of nitro groups is 1. The molecule has 2 aromatic rings. The summed E-state index contributed by atoms with van der Waals surface area (Å²) in [6.45, 7) is 0.938. The van der Waals surface area contributed by atoms with Crippen molar-refractivity contribution in [3.05, 3.63) is 73.8 Å². The molecule has 20 heavy (non-hydrogen) atoms. The molecule has 0 saturated heterocycles. The summed E-state index contributed by atoms with van der Waals surface area (Å²) in [6.07, 6.45) is 0. The highest BCUT2D eigenvalue weighted by atomic mass is 35.5. The zero-order valence-electron chi connectivity index (χ0n) is 10.5. The molecule has 0 aliphatic carbocycles. The molecule has 0 aliphatic rings. The minimum absolute atomic E-state index is 0.115. The van der Waals surface area contributed by atoms with E-state index in [0.29, 0.717) is 28.7 Å². The van der Waals surface area contributed by atoms with Crippen LogP contribution in [0.4, 0.5) is 5.69 Å². The van der Waals surface area contributed by atoms with Gasteiger partial charge in [0.1, 0.15) is 0 Å². The number of nitro benzene ring substituents is 1. The lowest BCUT2D eigenvalue weighted by Gasteiger charge is -2.07. The molecule has 0 bridgehead atoms. The van der Waals surface area contributed by atoms with Crippen molar-refractivity contribution in [1.82, 2.24) is 5.32 Å². The van der Waals surface area contributed by atoms with E-state index in [9.17, 15) is 10.1 Å². The maximum Gasteiger partial charge on any atom is 0.273 e. The molecule has 0 amide bonds. The van der Waals surface area contributed by atoms with Crippen LogP contribution >= 0.6 is 23.2 Å². The highest BCUT2D eigenvalue weighted by molar-refractivity contribution is 6.34. The van der Waals surface area contributed by atoms with Crippen LogP contribution in [0.3, 0.4) is 0 Å². The van der Waals surface area contributed by atoms with Crippen LogP contribution in [-0.4, -0.2) is 4.92 Å². The van der Waals surface area contributed by atoms with E-state index in [2.05, 4.69) is 5.32 Å². The van der Waals surface area contributed by atoms with Gasteiger partial charge in [-0.15, -0.1) is 0 Å². The first-order chi connectivity index (χ1) is 9.56. The first kappa shape index (κ1) is 14.8. The van der Waals surface area contributed by atoms with Crippen molar-refractivity contribution in [2.75, 3.05) is 0 Å². The number of nitrogens with zero attached hydrogens (tertiary/aromatic N) is 1. The van der Waals surface area contributed by atoms with E-state index in [0.717, 1.165) is 5.56 Å². The highest BCUT2D eigenvalue weighted by Crippen LogP contribution is 2.20. The van der Waals surface area contributed by atoms with Crippen molar-refractivity contribution >= 4 is 28.9 Å². The van der Waals surface area contributed by atoms with Gasteiger partial charge < -0.3 is 5.32 Å². The van der Waals surface area contributed by atoms with E-state index in [1.807, 2.05) is 0 Å². The van der Waals surface area contributed by atoms with Gasteiger partial charge >= 0.3 is 0 Å². The normalized spacial score (nSPS) is 10.5. The monoisotopic (exact) mass is 310 g/mol. The number of nitrogens with one attached hydrogen (secondary N) is 1. The zero-order valence-corrected chi connectivity index (χ0v) is 12.0. The van der Waals surface area contributed by atoms with Crippen molar-refractivity contribution in [3.63, 3.8) is 0 Å². The maximum absolute atomic E-state index is 10.9. The summed E-state index contributed by atoms with van der Waals surface area (Å²) in [7, 11) is 0. The van der Waals surface area contributed by atoms with Crippen LogP contribution in [0.1, 0.15) is 11.1 Å². The highest BCUT2D eigenvalue weighted by Gasteiger charge is 2.11. The number of hydrogen-bond donors (Lipinski definition) is 1. The number of rotatable bonds is 5. The minimum Gasteiger partial charge on any atom is -0.308 e. The first-order valence-electron chi connectivity index (χ1n) is 5.94. The minimum atomic E-state index is -0.382. The Kier molecular flexibility index (Phi) is 4.95. The standard InChI is InChI=1S/C14H12Cl2N2O2/c15-12-5-10(6-13(16)7-12)8-17-9-11-3-1-2-4-14(11)18(19)20/h1-7,17H,8-9H2. The first-order valence-corrected chi connectivity index (χ1v) is 6.70. The molecule has 0 saturated carbocycles. The lowest BCUT2D eigenvalue weighted by atomic mass is 10.1. The Bertz CT molecular complexity index is 612. The molecular weight excluding hydrogens is 299 g/mol. The van der Waals surface area contributed by atoms with Crippen LogP contribution in [0.5, 0.6) is 0 Å². The predicted molar refractivity (Wildman–Crippen MR) is 80.1 cm³/mol. The quantitative estimate of drug-likeness (QED) is 0.665. The summed E-state index contributed by atoms with van der Waals surface area (Å²) in [4.78, 5) is 10.5. The maximum atomic E-state index is 10.9. The van der Waals surface area contributed by atoms with Gasteiger partial charge in [0.2, 0.25) is 0 Å². The molecule has 0 aromatic heterocycles. The average molecular weight is 311 g/mol. The topological polar surface area (TPSA) is 55.2 Å². The van der Waals surface area contributed by atoms with Crippen LogP contribution in [-0.2, 0) is 13.1 Å². The van der Waals surface area contributed by atoms with Gasteiger partial charge in [-0.3, -0.25) is 10.1 Å². The number of halogens is 2. The van der Waals surface area contributed by atoms with E-state index in [4.69, 9.17) is 23.2 Å². The summed E-state index contributed by atoms with van der Waals surface area (Å²) in [5.74, 6) is 0. The lowest BCUT2D eigenvalue weighted by Crippen LogP contribution is -2.13. The molecule has 0 spiro atoms. The van der Waals surface area contributed by atoms with E-state index in [1.54, 1.807) is 36.4 Å². The fourth-order valence-electron chi connectivity index (χ4n) is 1.89. The van der Waals surface area contributed by atoms with Gasteiger partial charge in [0.25, 0.3) is 5.69 Å². The Labute approximate surface area is 126 Å². The number of benzene rings is 2. The smallest absolute Gasteiger partial charge is 0.273 e. The van der Waals surface area contributed by atoms with Gasteiger partial charge in [0.05, 0.1) is 4.92 Å². The predicted octanol–water partition coefficient (Wildman–Crippen LogP) is 4.19. The van der Waals surface area contributed by atoms with Crippen LogP contribution in [0.2, 0.25) is 10.0 Å². The number of para-hydroxylation sites is 1. The third kappa shape index (κ3) is 3.93.